The summed E-state index contributed by atoms with van der Waals surface area (Å²) in [4.78, 5) is 0. The van der Waals surface area contributed by atoms with E-state index in [9.17, 15) is 0 Å². The predicted molar refractivity (Wildman–Crippen MR) is 76.2 cm³/mol. The summed E-state index contributed by atoms with van der Waals surface area (Å²) < 4.78 is 11.1. The zero-order valence-corrected chi connectivity index (χ0v) is 11.9. The Balaban J connectivity index is 2.61. The van der Waals surface area contributed by atoms with Gasteiger partial charge >= 0.3 is 0 Å². The van der Waals surface area contributed by atoms with Crippen LogP contribution in [-0.2, 0) is 4.74 Å². The first-order chi connectivity index (χ1) is 9.09. The van der Waals surface area contributed by atoms with Crippen LogP contribution < -0.4 is 4.74 Å². The summed E-state index contributed by atoms with van der Waals surface area (Å²) in [6.07, 6.45) is 1.28. The van der Waals surface area contributed by atoms with Gasteiger partial charge in [-0.1, -0.05) is 24.0 Å². The second kappa shape index (κ2) is 7.83. The lowest BCUT2D eigenvalue weighted by Gasteiger charge is -2.22. The van der Waals surface area contributed by atoms with Crippen molar-refractivity contribution < 1.29 is 14.6 Å². The minimum Gasteiger partial charge on any atom is -0.492 e. The van der Waals surface area contributed by atoms with Crippen LogP contribution >= 0.6 is 0 Å². The maximum Gasteiger partial charge on any atom is 0.134 e. The third kappa shape index (κ3) is 5.78. The summed E-state index contributed by atoms with van der Waals surface area (Å²) in [5, 5.41) is 8.72. The van der Waals surface area contributed by atoms with Gasteiger partial charge in [-0.2, -0.15) is 0 Å². The monoisotopic (exact) mass is 262 g/mol. The highest BCUT2D eigenvalue weighted by molar-refractivity contribution is 5.45. The molecule has 3 nitrogen and oxygen atoms in total. The number of hydrogen-bond acceptors (Lipinski definition) is 3. The standard InChI is InChI=1S/C16H22O3/c1-16(2,18-3)11-13-19-15-10-5-4-8-14(15)9-6-7-12-17/h4-5,8,10,17H,7,11-13H2,1-3H3. The quantitative estimate of drug-likeness (QED) is 0.801. The number of hydrogen-bond donors (Lipinski definition) is 1. The average molecular weight is 262 g/mol. The van der Waals surface area contributed by atoms with E-state index in [4.69, 9.17) is 14.6 Å². The first-order valence-electron chi connectivity index (χ1n) is 6.46. The van der Waals surface area contributed by atoms with Crippen molar-refractivity contribution >= 4 is 0 Å². The van der Waals surface area contributed by atoms with Crippen molar-refractivity contribution in [3.63, 3.8) is 0 Å². The van der Waals surface area contributed by atoms with E-state index in [1.165, 1.54) is 0 Å². The molecule has 0 amide bonds. The predicted octanol–water partition coefficient (Wildman–Crippen LogP) is 2.61. The van der Waals surface area contributed by atoms with Gasteiger partial charge in [-0.3, -0.25) is 0 Å². The van der Waals surface area contributed by atoms with Crippen molar-refractivity contribution in [1.29, 1.82) is 0 Å². The molecule has 0 unspecified atom stereocenters. The van der Waals surface area contributed by atoms with E-state index in [1.807, 2.05) is 38.1 Å². The fraction of sp³-hybridized carbons (Fsp3) is 0.500. The molecule has 1 aromatic rings. The molecule has 0 aromatic heterocycles. The lowest BCUT2D eigenvalue weighted by molar-refractivity contribution is 0.00543. The summed E-state index contributed by atoms with van der Waals surface area (Å²) >= 11 is 0. The molecule has 1 aromatic carbocycles. The molecule has 0 atom stereocenters. The normalized spacial score (nSPS) is 10.7. The van der Waals surface area contributed by atoms with Gasteiger partial charge in [0.05, 0.1) is 24.4 Å². The molecule has 3 heteroatoms. The van der Waals surface area contributed by atoms with E-state index < -0.39 is 0 Å². The van der Waals surface area contributed by atoms with Gasteiger partial charge in [0.2, 0.25) is 0 Å². The van der Waals surface area contributed by atoms with Crippen molar-refractivity contribution in [3.05, 3.63) is 29.8 Å². The van der Waals surface area contributed by atoms with E-state index >= 15 is 0 Å². The van der Waals surface area contributed by atoms with E-state index in [1.54, 1.807) is 7.11 Å². The molecule has 0 bridgehead atoms. The van der Waals surface area contributed by atoms with Crippen LogP contribution in [0.5, 0.6) is 5.75 Å². The third-order valence-electron chi connectivity index (χ3n) is 2.86. The molecule has 0 heterocycles. The van der Waals surface area contributed by atoms with Crippen molar-refractivity contribution in [2.45, 2.75) is 32.3 Å². The van der Waals surface area contributed by atoms with Crippen molar-refractivity contribution in [1.82, 2.24) is 0 Å². The summed E-state index contributed by atoms with van der Waals surface area (Å²) in [7, 11) is 1.70. The van der Waals surface area contributed by atoms with Crippen molar-refractivity contribution in [3.8, 4) is 17.6 Å². The number of para-hydroxylation sites is 1. The van der Waals surface area contributed by atoms with Crippen LogP contribution in [0.3, 0.4) is 0 Å². The van der Waals surface area contributed by atoms with Crippen LogP contribution in [0.2, 0.25) is 0 Å². The van der Waals surface area contributed by atoms with Gasteiger partial charge in [0, 0.05) is 20.0 Å². The molecule has 0 saturated carbocycles. The summed E-state index contributed by atoms with van der Waals surface area (Å²) in [6, 6.07) is 7.67. The molecule has 104 valence electrons. The van der Waals surface area contributed by atoms with Gasteiger partial charge in [-0.05, 0) is 26.0 Å². The first-order valence-corrected chi connectivity index (χ1v) is 6.46. The number of aliphatic hydroxyl groups excluding tert-OH is 1. The first kappa shape index (κ1) is 15.6. The Labute approximate surface area is 115 Å². The van der Waals surface area contributed by atoms with E-state index in [0.717, 1.165) is 17.7 Å². The van der Waals surface area contributed by atoms with Gasteiger partial charge in [-0.25, -0.2) is 0 Å². The fourth-order valence-electron chi connectivity index (χ4n) is 1.42. The Bertz CT molecular complexity index is 441. The molecular weight excluding hydrogens is 240 g/mol. The van der Waals surface area contributed by atoms with Gasteiger partial charge in [0.1, 0.15) is 5.75 Å². The Morgan fingerprint density at radius 3 is 2.68 bits per heavy atom. The smallest absolute Gasteiger partial charge is 0.134 e. The number of benzene rings is 1. The van der Waals surface area contributed by atoms with Crippen LogP contribution in [0.15, 0.2) is 24.3 Å². The average Bonchev–Trinajstić information content (AvgIpc) is 2.41. The minimum atomic E-state index is -0.183. The molecule has 0 spiro atoms. The molecule has 0 radical (unpaired) electrons. The maximum absolute atomic E-state index is 8.72. The van der Waals surface area contributed by atoms with Gasteiger partial charge in [-0.15, -0.1) is 0 Å². The molecule has 1 rings (SSSR count). The van der Waals surface area contributed by atoms with Gasteiger partial charge in [0.15, 0.2) is 0 Å². The van der Waals surface area contributed by atoms with Gasteiger partial charge in [0.25, 0.3) is 0 Å². The molecular formula is C16H22O3. The molecule has 0 aliphatic carbocycles. The maximum atomic E-state index is 8.72. The third-order valence-corrected chi connectivity index (χ3v) is 2.86. The topological polar surface area (TPSA) is 38.7 Å². The molecule has 19 heavy (non-hydrogen) atoms. The Morgan fingerprint density at radius 1 is 1.26 bits per heavy atom. The Hall–Kier alpha value is -1.50. The Morgan fingerprint density at radius 2 is 2.00 bits per heavy atom. The highest BCUT2D eigenvalue weighted by atomic mass is 16.5. The lowest BCUT2D eigenvalue weighted by Crippen LogP contribution is -2.25. The van der Waals surface area contributed by atoms with Crippen molar-refractivity contribution in [2.24, 2.45) is 0 Å². The summed E-state index contributed by atoms with van der Waals surface area (Å²) in [5.41, 5.74) is 0.670. The van der Waals surface area contributed by atoms with Crippen LogP contribution in [-0.4, -0.2) is 31.0 Å². The highest BCUT2D eigenvalue weighted by Gasteiger charge is 2.16. The number of methoxy groups -OCH3 is 1. The fourth-order valence-corrected chi connectivity index (χ4v) is 1.42. The molecule has 1 N–H and O–H groups in total. The van der Waals surface area contributed by atoms with Crippen molar-refractivity contribution in [2.75, 3.05) is 20.3 Å². The van der Waals surface area contributed by atoms with E-state index in [0.29, 0.717) is 13.0 Å². The minimum absolute atomic E-state index is 0.0814. The van der Waals surface area contributed by atoms with Crippen LogP contribution in [0.4, 0.5) is 0 Å². The SMILES string of the molecule is COC(C)(C)CCOc1ccccc1C#CCCO. The largest absolute Gasteiger partial charge is 0.492 e. The molecule has 0 aliphatic heterocycles. The zero-order valence-electron chi connectivity index (χ0n) is 11.9. The lowest BCUT2D eigenvalue weighted by atomic mass is 10.1. The zero-order chi connectivity index (χ0) is 14.1. The van der Waals surface area contributed by atoms with E-state index in [2.05, 4.69) is 11.8 Å². The van der Waals surface area contributed by atoms with Crippen LogP contribution in [0.1, 0.15) is 32.3 Å². The summed E-state index contributed by atoms with van der Waals surface area (Å²) in [6.45, 7) is 4.73. The Kier molecular flexibility index (Phi) is 6.41. The van der Waals surface area contributed by atoms with E-state index in [-0.39, 0.29) is 12.2 Å². The van der Waals surface area contributed by atoms with Crippen LogP contribution in [0, 0.1) is 11.8 Å². The van der Waals surface area contributed by atoms with Gasteiger partial charge < -0.3 is 14.6 Å². The second-order valence-corrected chi connectivity index (χ2v) is 4.83. The highest BCUT2D eigenvalue weighted by Crippen LogP contribution is 2.19. The summed E-state index contributed by atoms with van der Waals surface area (Å²) in [5.74, 6) is 6.69. The van der Waals surface area contributed by atoms with Crippen LogP contribution in [0.25, 0.3) is 0 Å². The molecule has 0 aliphatic rings. The molecule has 0 saturated heterocycles. The number of aliphatic hydroxyl groups is 1. The number of ether oxygens (including phenoxy) is 2. The number of rotatable bonds is 6. The second-order valence-electron chi connectivity index (χ2n) is 4.83. The molecule has 0 fully saturated rings.